The summed E-state index contributed by atoms with van der Waals surface area (Å²) in [7, 11) is -3.40. The highest BCUT2D eigenvalue weighted by molar-refractivity contribution is 7.89. The third-order valence-corrected chi connectivity index (χ3v) is 9.66. The van der Waals surface area contributed by atoms with Gasteiger partial charge in [0.25, 0.3) is 5.19 Å². The van der Waals surface area contributed by atoms with Crippen LogP contribution in [0.1, 0.15) is 65.9 Å². The number of carbonyl (C=O) groups excluding carboxylic acids is 1. The van der Waals surface area contributed by atoms with Crippen LogP contribution >= 0.6 is 11.3 Å². The van der Waals surface area contributed by atoms with Gasteiger partial charge in [-0.3, -0.25) is 4.79 Å². The van der Waals surface area contributed by atoms with Gasteiger partial charge in [0.2, 0.25) is 15.9 Å². The summed E-state index contributed by atoms with van der Waals surface area (Å²) in [5, 5.41) is 10.5. The summed E-state index contributed by atoms with van der Waals surface area (Å²) in [4.78, 5) is 19.1. The number of nitrogens with zero attached hydrogens (tertiary/aromatic N) is 3. The van der Waals surface area contributed by atoms with E-state index in [1.54, 1.807) is 13.8 Å². The Kier molecular flexibility index (Phi) is 8.05. The number of piperidine rings is 1. The molecular weight excluding hydrogens is 510 g/mol. The number of fused-ring (bicyclic) bond motifs is 1. The van der Waals surface area contributed by atoms with Gasteiger partial charge < -0.3 is 14.7 Å². The fraction of sp³-hybridized carbons (Fsp3) is 0.630. The summed E-state index contributed by atoms with van der Waals surface area (Å²) in [5.74, 6) is 0.131. The van der Waals surface area contributed by atoms with Gasteiger partial charge in [-0.05, 0) is 50.0 Å². The first-order valence-corrected chi connectivity index (χ1v) is 15.4. The van der Waals surface area contributed by atoms with Gasteiger partial charge in [0.1, 0.15) is 6.10 Å². The van der Waals surface area contributed by atoms with E-state index >= 15 is 0 Å². The van der Waals surface area contributed by atoms with Crippen molar-refractivity contribution in [3.8, 4) is 5.19 Å². The van der Waals surface area contributed by atoms with Crippen LogP contribution in [0.2, 0.25) is 0 Å². The first-order chi connectivity index (χ1) is 17.2. The molecule has 0 spiro atoms. The second kappa shape index (κ2) is 10.6. The first-order valence-electron chi connectivity index (χ1n) is 13.0. The number of carbonyl (C=O) groups is 1. The largest absolute Gasteiger partial charge is 0.467 e. The van der Waals surface area contributed by atoms with Crippen molar-refractivity contribution in [2.75, 3.05) is 31.9 Å². The fourth-order valence-corrected chi connectivity index (χ4v) is 7.23. The summed E-state index contributed by atoms with van der Waals surface area (Å²) in [5.41, 5.74) is 1.72. The number of sulfonamides is 1. The van der Waals surface area contributed by atoms with Crippen LogP contribution in [-0.2, 0) is 14.8 Å². The van der Waals surface area contributed by atoms with Crippen LogP contribution in [0.4, 0.5) is 0 Å². The van der Waals surface area contributed by atoms with Crippen molar-refractivity contribution < 1.29 is 23.1 Å². The molecule has 4 rings (SSSR count). The summed E-state index contributed by atoms with van der Waals surface area (Å²) >= 11 is 1.52. The topological polar surface area (TPSA) is 100 Å². The van der Waals surface area contributed by atoms with Crippen LogP contribution in [0, 0.1) is 5.41 Å². The number of amides is 1. The Bertz CT molecular complexity index is 1260. The predicted molar refractivity (Wildman–Crippen MR) is 148 cm³/mol. The smallest absolute Gasteiger partial charge is 0.274 e. The zero-order chi connectivity index (χ0) is 27.0. The molecule has 2 aliphatic rings. The van der Waals surface area contributed by atoms with Gasteiger partial charge in [-0.1, -0.05) is 44.3 Å². The Hall–Kier alpha value is -2.01. The van der Waals surface area contributed by atoms with Crippen LogP contribution < -0.4 is 4.74 Å². The number of rotatable bonds is 7. The van der Waals surface area contributed by atoms with Gasteiger partial charge in [0.05, 0.1) is 21.6 Å². The van der Waals surface area contributed by atoms with Crippen molar-refractivity contribution in [3.05, 3.63) is 29.8 Å². The van der Waals surface area contributed by atoms with E-state index in [-0.39, 0.29) is 29.6 Å². The average molecular weight is 550 g/mol. The number of likely N-dealkylation sites (tertiary alicyclic amines) is 1. The SMILES string of the molecule is CC(C)(O)CCS(=O)(=O)N1CC=C(c2ccc3nc(OC4CCN(C(=O)C(C)(C)C)CC4)sc3c2)CC1. The minimum Gasteiger partial charge on any atom is -0.467 e. The molecule has 0 unspecified atom stereocenters. The van der Waals surface area contributed by atoms with Crippen LogP contribution in [-0.4, -0.2) is 77.3 Å². The maximum atomic E-state index is 12.7. The fourth-order valence-electron chi connectivity index (χ4n) is 4.62. The maximum Gasteiger partial charge on any atom is 0.274 e. The van der Waals surface area contributed by atoms with Gasteiger partial charge in [0, 0.05) is 44.4 Å². The summed E-state index contributed by atoms with van der Waals surface area (Å²) < 4.78 is 34.1. The molecule has 2 aromatic rings. The minimum absolute atomic E-state index is 0.0504. The number of ether oxygens (including phenoxy) is 1. The lowest BCUT2D eigenvalue weighted by Gasteiger charge is -2.35. The lowest BCUT2D eigenvalue weighted by molar-refractivity contribution is -0.141. The molecule has 1 amide bonds. The normalized spacial score (nSPS) is 18.8. The van der Waals surface area contributed by atoms with E-state index in [0.29, 0.717) is 37.8 Å². The molecule has 1 aromatic carbocycles. The summed E-state index contributed by atoms with van der Waals surface area (Å²) in [6.45, 7) is 11.3. The lowest BCUT2D eigenvalue weighted by atomic mass is 9.93. The van der Waals surface area contributed by atoms with Crippen molar-refractivity contribution in [2.45, 2.75) is 72.0 Å². The van der Waals surface area contributed by atoms with Gasteiger partial charge in [0.15, 0.2) is 0 Å². The molecule has 1 fully saturated rings. The number of benzene rings is 1. The molecule has 3 heterocycles. The molecule has 10 heteroatoms. The lowest BCUT2D eigenvalue weighted by Crippen LogP contribution is -2.46. The van der Waals surface area contributed by atoms with Crippen molar-refractivity contribution in [1.82, 2.24) is 14.2 Å². The highest BCUT2D eigenvalue weighted by Gasteiger charge is 2.31. The molecule has 0 bridgehead atoms. The van der Waals surface area contributed by atoms with Crippen molar-refractivity contribution in [3.63, 3.8) is 0 Å². The summed E-state index contributed by atoms with van der Waals surface area (Å²) in [6.07, 6.45) is 4.48. The van der Waals surface area contributed by atoms with E-state index in [2.05, 4.69) is 11.1 Å². The van der Waals surface area contributed by atoms with Gasteiger partial charge in [-0.25, -0.2) is 13.4 Å². The standard InChI is InChI=1S/C27H39N3O5S2/c1-26(2,3)24(31)29-13-10-21(11-14-29)35-25-28-22-7-6-20(18-23(22)36-25)19-8-15-30(16-9-19)37(33,34)17-12-27(4,5)32/h6-8,18,21,32H,9-17H2,1-5H3. The van der Waals surface area contributed by atoms with Crippen molar-refractivity contribution in [2.24, 2.45) is 5.41 Å². The molecule has 0 atom stereocenters. The van der Waals surface area contributed by atoms with Crippen molar-refractivity contribution in [1.29, 1.82) is 0 Å². The number of hydrogen-bond donors (Lipinski definition) is 1. The van der Waals surface area contributed by atoms with Crippen LogP contribution in [0.5, 0.6) is 5.19 Å². The minimum atomic E-state index is -3.40. The Morgan fingerprint density at radius 3 is 2.46 bits per heavy atom. The maximum absolute atomic E-state index is 12.7. The number of hydrogen-bond acceptors (Lipinski definition) is 7. The second-order valence-corrected chi connectivity index (χ2v) is 14.8. The molecule has 8 nitrogen and oxygen atoms in total. The van der Waals surface area contributed by atoms with E-state index in [1.165, 1.54) is 15.6 Å². The van der Waals surface area contributed by atoms with E-state index in [9.17, 15) is 18.3 Å². The highest BCUT2D eigenvalue weighted by Crippen LogP contribution is 2.34. The highest BCUT2D eigenvalue weighted by atomic mass is 32.2. The Labute approximate surface area is 224 Å². The zero-order valence-electron chi connectivity index (χ0n) is 22.5. The molecule has 2 aliphatic heterocycles. The van der Waals surface area contributed by atoms with E-state index in [0.717, 1.165) is 34.2 Å². The Balaban J connectivity index is 1.36. The number of thiazole rings is 1. The third-order valence-electron chi connectivity index (χ3n) is 6.91. The third kappa shape index (κ3) is 7.10. The molecular formula is C27H39N3O5S2. The molecule has 0 saturated carbocycles. The van der Waals surface area contributed by atoms with Gasteiger partial charge >= 0.3 is 0 Å². The molecule has 0 aliphatic carbocycles. The monoisotopic (exact) mass is 549 g/mol. The second-order valence-electron chi connectivity index (χ2n) is 11.7. The molecule has 1 aromatic heterocycles. The van der Waals surface area contributed by atoms with Crippen molar-refractivity contribution >= 4 is 43.1 Å². The molecule has 1 N–H and O–H groups in total. The zero-order valence-corrected chi connectivity index (χ0v) is 24.1. The summed E-state index contributed by atoms with van der Waals surface area (Å²) in [6, 6.07) is 6.13. The van der Waals surface area contributed by atoms with E-state index < -0.39 is 15.6 Å². The first kappa shape index (κ1) is 28.0. The van der Waals surface area contributed by atoms with Crippen LogP contribution in [0.25, 0.3) is 15.8 Å². The predicted octanol–water partition coefficient (Wildman–Crippen LogP) is 4.29. The average Bonchev–Trinajstić information content (AvgIpc) is 3.23. The van der Waals surface area contributed by atoms with Crippen LogP contribution in [0.15, 0.2) is 24.3 Å². The molecule has 204 valence electrons. The van der Waals surface area contributed by atoms with E-state index in [4.69, 9.17) is 4.74 Å². The quantitative estimate of drug-likeness (QED) is 0.553. The number of aromatic nitrogens is 1. The Morgan fingerprint density at radius 2 is 1.86 bits per heavy atom. The molecule has 1 saturated heterocycles. The van der Waals surface area contributed by atoms with Gasteiger partial charge in [-0.2, -0.15) is 4.31 Å². The van der Waals surface area contributed by atoms with Crippen LogP contribution in [0.3, 0.4) is 0 Å². The Morgan fingerprint density at radius 1 is 1.16 bits per heavy atom. The van der Waals surface area contributed by atoms with Gasteiger partial charge in [-0.15, -0.1) is 0 Å². The van der Waals surface area contributed by atoms with E-state index in [1.807, 2.05) is 43.9 Å². The molecule has 37 heavy (non-hydrogen) atoms. The molecule has 0 radical (unpaired) electrons. The number of aliphatic hydroxyl groups is 1.